The van der Waals surface area contributed by atoms with Crippen molar-refractivity contribution in [2.45, 2.75) is 88.2 Å². The lowest BCUT2D eigenvalue weighted by Crippen LogP contribution is -2.59. The molecule has 414 valence electrons. The number of amides is 6. The molecule has 7 atom stereocenters. The fraction of sp³-hybridized carbons (Fsp3) is 0.511. The Morgan fingerprint density at radius 3 is 2.29 bits per heavy atom. The molecule has 3 aromatic rings. The summed E-state index contributed by atoms with van der Waals surface area (Å²) in [6.07, 6.45) is 2.34. The van der Waals surface area contributed by atoms with Gasteiger partial charge in [0.25, 0.3) is 5.89 Å². The molecular formula is C45H58N10O16S5. The number of oxazole rings is 2. The largest absolute Gasteiger partial charge is 0.508 e. The molecule has 6 amide bonds. The van der Waals surface area contributed by atoms with E-state index in [1.807, 2.05) is 0 Å². The number of aliphatic hydroxyl groups excluding tert-OH is 2. The van der Waals surface area contributed by atoms with Crippen molar-refractivity contribution >= 4 is 115 Å². The highest BCUT2D eigenvalue weighted by Gasteiger charge is 2.40. The fourth-order valence-corrected chi connectivity index (χ4v) is 10.8. The normalized spacial score (nSPS) is 20.5. The third kappa shape index (κ3) is 16.9. The number of aliphatic hydroxyl groups is 2. The Labute approximate surface area is 457 Å². The minimum absolute atomic E-state index is 0.0175. The van der Waals surface area contributed by atoms with Crippen molar-refractivity contribution in [1.82, 2.24) is 52.1 Å². The summed E-state index contributed by atoms with van der Waals surface area (Å²) in [5, 5.41) is 79.2. The summed E-state index contributed by atoms with van der Waals surface area (Å²) >= 11 is 12.0. The fourth-order valence-electron chi connectivity index (χ4n) is 7.50. The molecular weight excluding hydrogens is 1100 g/mol. The minimum Gasteiger partial charge on any atom is -0.508 e. The number of hydrogen-bond donors (Lipinski definition) is 13. The molecule has 1 fully saturated rings. The number of rotatable bonds is 19. The average molecular weight is 1160 g/mol. The SMILES string of the molecule is CSCC[C@H](NC(=O)[C@@H]1CSSCC(NC(=O)[C@H](CO)NC(=O)CNC(=S)c2nc(C(=O)CC(C)C)oc2O)C(=O)N[C@@H](Cc2ccc(O)cc2)C(=O)N2CCCC2c2nc(c(O)o2)C(=S)N[C@@H](CO)C(=O)N1)C(=O)O. The third-order valence-electron chi connectivity index (χ3n) is 11.4. The third-order valence-corrected chi connectivity index (χ3v) is 15.1. The van der Waals surface area contributed by atoms with E-state index in [0.717, 1.165) is 21.6 Å². The summed E-state index contributed by atoms with van der Waals surface area (Å²) in [7, 11) is 1.78. The van der Waals surface area contributed by atoms with Crippen molar-refractivity contribution in [3.8, 4) is 17.6 Å². The van der Waals surface area contributed by atoms with E-state index in [1.54, 1.807) is 20.1 Å². The molecule has 2 aliphatic rings. The van der Waals surface area contributed by atoms with E-state index in [-0.39, 0.29) is 82.7 Å². The molecule has 0 aliphatic carbocycles. The zero-order chi connectivity index (χ0) is 55.8. The molecule has 0 spiro atoms. The van der Waals surface area contributed by atoms with Crippen LogP contribution in [0, 0.1) is 5.92 Å². The van der Waals surface area contributed by atoms with Gasteiger partial charge in [0.05, 0.1) is 19.8 Å². The van der Waals surface area contributed by atoms with E-state index in [1.165, 1.54) is 40.9 Å². The predicted molar refractivity (Wildman–Crippen MR) is 283 cm³/mol. The number of nitrogens with one attached hydrogen (secondary N) is 7. The maximum Gasteiger partial charge on any atom is 0.326 e. The first-order valence-corrected chi connectivity index (χ1v) is 28.1. The van der Waals surface area contributed by atoms with Gasteiger partial charge in [-0.25, -0.2) is 9.78 Å². The van der Waals surface area contributed by atoms with Crippen LogP contribution < -0.4 is 37.2 Å². The Bertz CT molecular complexity index is 2620. The molecule has 2 aromatic heterocycles. The van der Waals surface area contributed by atoms with Crippen LogP contribution in [0.2, 0.25) is 0 Å². The van der Waals surface area contributed by atoms with Gasteiger partial charge in [0.2, 0.25) is 47.1 Å². The molecule has 1 saturated heterocycles. The Kier molecular flexibility index (Phi) is 22.9. The number of fused-ring (bicyclic) bond motifs is 4. The molecule has 2 unspecified atom stereocenters. The Morgan fingerprint density at radius 2 is 1.63 bits per heavy atom. The van der Waals surface area contributed by atoms with Gasteiger partial charge >= 0.3 is 17.9 Å². The second-order valence-corrected chi connectivity index (χ2v) is 21.9. The first kappa shape index (κ1) is 60.6. The number of hydrogen-bond acceptors (Lipinski definition) is 22. The van der Waals surface area contributed by atoms with Gasteiger partial charge in [0.15, 0.2) is 11.4 Å². The number of thiocarbonyl (C=S) groups is 2. The van der Waals surface area contributed by atoms with Gasteiger partial charge in [0, 0.05) is 30.9 Å². The highest BCUT2D eigenvalue weighted by atomic mass is 33.1. The van der Waals surface area contributed by atoms with Crippen molar-refractivity contribution < 1.29 is 77.8 Å². The Morgan fingerprint density at radius 1 is 0.921 bits per heavy atom. The van der Waals surface area contributed by atoms with Gasteiger partial charge in [-0.1, -0.05) is 72.0 Å². The number of nitrogens with zero attached hydrogens (tertiary/aromatic N) is 3. The van der Waals surface area contributed by atoms with Crippen LogP contribution in [-0.2, 0) is 40.0 Å². The van der Waals surface area contributed by atoms with Gasteiger partial charge in [-0.15, -0.1) is 0 Å². The zero-order valence-corrected chi connectivity index (χ0v) is 45.1. The number of phenols is 1. The van der Waals surface area contributed by atoms with E-state index >= 15 is 0 Å². The summed E-state index contributed by atoms with van der Waals surface area (Å²) in [5.41, 5.74) is -0.206. The predicted octanol–water partition coefficient (Wildman–Crippen LogP) is -0.845. The van der Waals surface area contributed by atoms with Gasteiger partial charge in [0.1, 0.15) is 58.0 Å². The van der Waals surface area contributed by atoms with E-state index in [9.17, 15) is 69.0 Å². The molecule has 13 N–H and O–H groups in total. The molecule has 0 radical (unpaired) electrons. The number of carbonyl (C=O) groups excluding carboxylic acids is 7. The average Bonchev–Trinajstić information content (AvgIpc) is 4.13. The first-order chi connectivity index (χ1) is 36.1. The number of phenolic OH excluding ortho intramolecular Hbond substituents is 1. The van der Waals surface area contributed by atoms with Crippen molar-refractivity contribution in [2.24, 2.45) is 5.92 Å². The van der Waals surface area contributed by atoms with Crippen LogP contribution in [0.5, 0.6) is 17.6 Å². The quantitative estimate of drug-likeness (QED) is 0.0395. The minimum atomic E-state index is -1.71. The summed E-state index contributed by atoms with van der Waals surface area (Å²) in [6.45, 7) is 1.16. The van der Waals surface area contributed by atoms with Crippen LogP contribution in [0.15, 0.2) is 33.1 Å². The van der Waals surface area contributed by atoms with Crippen molar-refractivity contribution in [1.29, 1.82) is 0 Å². The lowest BCUT2D eigenvalue weighted by atomic mass is 10.0. The van der Waals surface area contributed by atoms with Crippen LogP contribution in [0.1, 0.15) is 79.1 Å². The molecule has 26 nitrogen and oxygen atoms in total. The number of thioether (sulfide) groups is 1. The maximum absolute atomic E-state index is 14.7. The highest BCUT2D eigenvalue weighted by molar-refractivity contribution is 8.76. The van der Waals surface area contributed by atoms with E-state index in [4.69, 9.17) is 33.3 Å². The smallest absolute Gasteiger partial charge is 0.326 e. The van der Waals surface area contributed by atoms with E-state index in [2.05, 4.69) is 47.2 Å². The number of carbonyl (C=O) groups is 8. The lowest BCUT2D eigenvalue weighted by molar-refractivity contribution is -0.142. The number of aromatic nitrogens is 2. The van der Waals surface area contributed by atoms with Gasteiger partial charge in [-0.2, -0.15) is 16.7 Å². The lowest BCUT2D eigenvalue weighted by Gasteiger charge is -2.29. The second kappa shape index (κ2) is 28.8. The summed E-state index contributed by atoms with van der Waals surface area (Å²) in [5.74, 6) is -9.99. The molecule has 31 heteroatoms. The number of Topliss-reactive ketones (excluding diaryl/α,β-unsaturated/α-hetero) is 1. The number of benzene rings is 1. The molecule has 76 heavy (non-hydrogen) atoms. The number of carboxylic acids is 1. The number of carboxylic acid groups (broad SMARTS) is 1. The zero-order valence-electron chi connectivity index (χ0n) is 41.1. The van der Waals surface area contributed by atoms with Crippen molar-refractivity contribution in [2.75, 3.05) is 49.8 Å². The van der Waals surface area contributed by atoms with Crippen LogP contribution in [-0.4, -0.2) is 189 Å². The topological polar surface area (TPSA) is 397 Å². The summed E-state index contributed by atoms with van der Waals surface area (Å²) in [4.78, 5) is 117. The van der Waals surface area contributed by atoms with Crippen LogP contribution in [0.4, 0.5) is 0 Å². The maximum atomic E-state index is 14.7. The summed E-state index contributed by atoms with van der Waals surface area (Å²) < 4.78 is 10.7. The van der Waals surface area contributed by atoms with E-state index in [0.29, 0.717) is 17.7 Å². The summed E-state index contributed by atoms with van der Waals surface area (Å²) in [6, 6.07) is -4.27. The molecule has 4 heterocycles. The Hall–Kier alpha value is -6.25. The number of aliphatic carboxylic acids is 1. The van der Waals surface area contributed by atoms with E-state index < -0.39 is 127 Å². The molecule has 2 bridgehead atoms. The number of ketones is 1. The molecule has 5 rings (SSSR count). The monoisotopic (exact) mass is 1150 g/mol. The number of aromatic hydroxyl groups is 3. The van der Waals surface area contributed by atoms with Gasteiger partial charge in [-0.05, 0) is 54.9 Å². The Balaban J connectivity index is 1.45. The van der Waals surface area contributed by atoms with Crippen LogP contribution in [0.3, 0.4) is 0 Å². The molecule has 0 saturated carbocycles. The van der Waals surface area contributed by atoms with Gasteiger partial charge in [-0.3, -0.25) is 33.6 Å². The van der Waals surface area contributed by atoms with Crippen LogP contribution >= 0.6 is 57.8 Å². The first-order valence-electron chi connectivity index (χ1n) is 23.4. The molecule has 1 aromatic carbocycles. The second-order valence-electron chi connectivity index (χ2n) is 17.6. The van der Waals surface area contributed by atoms with Crippen molar-refractivity contribution in [3.05, 3.63) is 53.0 Å². The standard InChI is InChI=1S/C45H58N10O16S5/c1-20(2)13-30(59)39-54-32(44(68)71-39)40(72)46-15-31(60)47-25(16-56)34(61)50-28-19-76-75-18-27(36(63)48-23(43(66)67)10-12-74-3)51-35(62)26(17-57)52-41(73)33-45(69)70-38(53-33)29-5-4-11-55(29)42(65)24(49-37(28)64)14-21-6-8-22(58)9-7-21/h6-9,20,23-29,56-58,68-69H,4-5,10-19H2,1-3H3,(H,46,72)(H,47,60)(H,48,63)(H,49,64)(H,50,61)(H,51,62)(H,52,73)(H,66,67)/t23-,24-,25-,26-,27-,28?,29?/m0/s1. The van der Waals surface area contributed by atoms with Gasteiger partial charge < -0.3 is 81.6 Å². The molecule has 2 aliphatic heterocycles. The van der Waals surface area contributed by atoms with Crippen molar-refractivity contribution in [3.63, 3.8) is 0 Å². The van der Waals surface area contributed by atoms with Crippen LogP contribution in [0.25, 0.3) is 0 Å². The highest BCUT2D eigenvalue weighted by Crippen LogP contribution is 2.35.